The molecule has 1 saturated heterocycles. The first-order chi connectivity index (χ1) is 16.1. The van der Waals surface area contributed by atoms with Crippen LogP contribution in [0.2, 0.25) is 0 Å². The van der Waals surface area contributed by atoms with Gasteiger partial charge in [-0.05, 0) is 29.8 Å². The number of morpholine rings is 1. The SMILES string of the molecule is Nc1ccc(-c2nc(N3CCOCC3)c3ncn(Cc4ccc(C(=O)NO)cc4)c3n2)cn1. The Bertz CT molecular complexity index is 1280. The highest BCUT2D eigenvalue weighted by atomic mass is 16.5. The number of nitrogens with two attached hydrogens (primary N) is 1. The van der Waals surface area contributed by atoms with E-state index in [1.54, 1.807) is 36.2 Å². The Morgan fingerprint density at radius 3 is 2.58 bits per heavy atom. The third-order valence-electron chi connectivity index (χ3n) is 5.47. The van der Waals surface area contributed by atoms with Gasteiger partial charge in [0.25, 0.3) is 5.91 Å². The number of rotatable bonds is 5. The molecular weight excluding hydrogens is 424 g/mol. The number of imidazole rings is 1. The summed E-state index contributed by atoms with van der Waals surface area (Å²) in [5.74, 6) is 1.16. The number of fused-ring (bicyclic) bond motifs is 1. The van der Waals surface area contributed by atoms with Crippen molar-refractivity contribution in [3.8, 4) is 11.4 Å². The zero-order valence-electron chi connectivity index (χ0n) is 17.7. The van der Waals surface area contributed by atoms with Crippen LogP contribution < -0.4 is 16.1 Å². The highest BCUT2D eigenvalue weighted by Gasteiger charge is 2.21. The standard InChI is InChI=1S/C22H22N8O3/c23-17-6-5-16(11-24-17)19-26-20(29-7-9-33-10-8-29)18-21(27-19)30(13-25-18)12-14-1-3-15(4-2-14)22(31)28-32/h1-6,11,13,32H,7-10,12H2,(H2,23,24)(H,28,31). The molecule has 1 aromatic carbocycles. The molecule has 4 aromatic rings. The van der Waals surface area contributed by atoms with E-state index in [-0.39, 0.29) is 0 Å². The van der Waals surface area contributed by atoms with Gasteiger partial charge < -0.3 is 19.9 Å². The molecule has 0 saturated carbocycles. The Morgan fingerprint density at radius 2 is 1.88 bits per heavy atom. The van der Waals surface area contributed by atoms with Gasteiger partial charge in [0.1, 0.15) is 5.82 Å². The van der Waals surface area contributed by atoms with Crippen molar-refractivity contribution in [3.05, 3.63) is 60.0 Å². The minimum Gasteiger partial charge on any atom is -0.384 e. The fourth-order valence-electron chi connectivity index (χ4n) is 3.73. The predicted molar refractivity (Wildman–Crippen MR) is 121 cm³/mol. The van der Waals surface area contributed by atoms with E-state index in [1.807, 2.05) is 22.8 Å². The van der Waals surface area contributed by atoms with Crippen LogP contribution in [0.4, 0.5) is 11.6 Å². The van der Waals surface area contributed by atoms with E-state index in [0.29, 0.717) is 61.2 Å². The van der Waals surface area contributed by atoms with Gasteiger partial charge in [-0.2, -0.15) is 0 Å². The molecule has 33 heavy (non-hydrogen) atoms. The molecule has 5 rings (SSSR count). The Hall–Kier alpha value is -4.09. The number of ether oxygens (including phenoxy) is 1. The zero-order chi connectivity index (χ0) is 22.8. The molecule has 11 heteroatoms. The number of benzene rings is 1. The first-order valence-corrected chi connectivity index (χ1v) is 10.4. The summed E-state index contributed by atoms with van der Waals surface area (Å²) in [4.78, 5) is 32.1. The lowest BCUT2D eigenvalue weighted by Crippen LogP contribution is -2.37. The maximum Gasteiger partial charge on any atom is 0.274 e. The maximum atomic E-state index is 11.6. The van der Waals surface area contributed by atoms with Crippen molar-refractivity contribution in [1.82, 2.24) is 30.0 Å². The average molecular weight is 446 g/mol. The predicted octanol–water partition coefficient (Wildman–Crippen LogP) is 1.47. The van der Waals surface area contributed by atoms with Crippen LogP contribution in [-0.2, 0) is 11.3 Å². The van der Waals surface area contributed by atoms with Crippen molar-refractivity contribution in [3.63, 3.8) is 0 Å². The van der Waals surface area contributed by atoms with Gasteiger partial charge in [0.15, 0.2) is 22.8 Å². The summed E-state index contributed by atoms with van der Waals surface area (Å²) in [5.41, 5.74) is 10.9. The van der Waals surface area contributed by atoms with Crippen molar-refractivity contribution >= 4 is 28.7 Å². The van der Waals surface area contributed by atoms with Crippen LogP contribution in [0.1, 0.15) is 15.9 Å². The topological polar surface area (TPSA) is 144 Å². The summed E-state index contributed by atoms with van der Waals surface area (Å²) in [6.45, 7) is 3.17. The molecule has 0 bridgehead atoms. The number of hydroxylamine groups is 1. The van der Waals surface area contributed by atoms with Crippen LogP contribution in [0.3, 0.4) is 0 Å². The van der Waals surface area contributed by atoms with Crippen LogP contribution in [0.15, 0.2) is 48.9 Å². The van der Waals surface area contributed by atoms with E-state index >= 15 is 0 Å². The third-order valence-corrected chi connectivity index (χ3v) is 5.47. The first kappa shape index (κ1) is 20.8. The molecule has 3 aromatic heterocycles. The Kier molecular flexibility index (Phi) is 5.55. The molecule has 0 radical (unpaired) electrons. The Morgan fingerprint density at radius 1 is 1.09 bits per heavy atom. The molecule has 1 amide bonds. The molecule has 1 aliphatic heterocycles. The summed E-state index contributed by atoms with van der Waals surface area (Å²) in [7, 11) is 0. The lowest BCUT2D eigenvalue weighted by Gasteiger charge is -2.28. The van der Waals surface area contributed by atoms with E-state index in [0.717, 1.165) is 16.9 Å². The van der Waals surface area contributed by atoms with E-state index in [4.69, 9.17) is 25.6 Å². The van der Waals surface area contributed by atoms with Crippen molar-refractivity contribution < 1.29 is 14.7 Å². The zero-order valence-corrected chi connectivity index (χ0v) is 17.7. The molecule has 1 fully saturated rings. The van der Waals surface area contributed by atoms with E-state index in [1.165, 1.54) is 0 Å². The normalized spacial score (nSPS) is 13.9. The molecule has 0 atom stereocenters. The summed E-state index contributed by atoms with van der Waals surface area (Å²) in [6.07, 6.45) is 3.40. The van der Waals surface area contributed by atoms with Crippen molar-refractivity contribution in [1.29, 1.82) is 0 Å². The average Bonchev–Trinajstić information content (AvgIpc) is 3.27. The summed E-state index contributed by atoms with van der Waals surface area (Å²) >= 11 is 0. The smallest absolute Gasteiger partial charge is 0.274 e. The van der Waals surface area contributed by atoms with E-state index in [2.05, 4.69) is 14.9 Å². The van der Waals surface area contributed by atoms with Crippen LogP contribution in [-0.4, -0.2) is 61.9 Å². The number of pyridine rings is 1. The van der Waals surface area contributed by atoms with Gasteiger partial charge in [-0.15, -0.1) is 0 Å². The maximum absolute atomic E-state index is 11.6. The Balaban J connectivity index is 1.56. The molecule has 0 spiro atoms. The summed E-state index contributed by atoms with van der Waals surface area (Å²) in [5, 5.41) is 8.80. The highest BCUT2D eigenvalue weighted by Crippen LogP contribution is 2.28. The summed E-state index contributed by atoms with van der Waals surface area (Å²) in [6, 6.07) is 10.5. The van der Waals surface area contributed by atoms with Gasteiger partial charge >= 0.3 is 0 Å². The fraction of sp³-hybridized carbons (Fsp3) is 0.227. The summed E-state index contributed by atoms with van der Waals surface area (Å²) < 4.78 is 7.44. The third kappa shape index (κ3) is 4.19. The number of aromatic nitrogens is 5. The number of nitrogens with zero attached hydrogens (tertiary/aromatic N) is 6. The molecule has 4 N–H and O–H groups in total. The molecular formula is C22H22N8O3. The minimum absolute atomic E-state index is 0.367. The Labute approximate surface area is 188 Å². The van der Waals surface area contributed by atoms with Crippen molar-refractivity contribution in [2.24, 2.45) is 0 Å². The molecule has 0 aliphatic carbocycles. The quantitative estimate of drug-likeness (QED) is 0.306. The van der Waals surface area contributed by atoms with Crippen LogP contribution in [0.25, 0.3) is 22.6 Å². The van der Waals surface area contributed by atoms with Gasteiger partial charge in [-0.3, -0.25) is 10.0 Å². The molecule has 1 aliphatic rings. The monoisotopic (exact) mass is 446 g/mol. The largest absolute Gasteiger partial charge is 0.384 e. The van der Waals surface area contributed by atoms with Gasteiger partial charge in [0.2, 0.25) is 0 Å². The lowest BCUT2D eigenvalue weighted by molar-refractivity contribution is 0.0706. The van der Waals surface area contributed by atoms with Gasteiger partial charge in [-0.25, -0.2) is 25.4 Å². The van der Waals surface area contributed by atoms with Gasteiger partial charge in [0.05, 0.1) is 26.1 Å². The van der Waals surface area contributed by atoms with Crippen molar-refractivity contribution in [2.75, 3.05) is 36.9 Å². The number of hydrogen-bond acceptors (Lipinski definition) is 9. The van der Waals surface area contributed by atoms with Crippen LogP contribution >= 0.6 is 0 Å². The van der Waals surface area contributed by atoms with Crippen LogP contribution in [0, 0.1) is 0 Å². The van der Waals surface area contributed by atoms with E-state index < -0.39 is 5.91 Å². The first-order valence-electron chi connectivity index (χ1n) is 10.4. The number of nitrogen functional groups attached to an aromatic ring is 1. The highest BCUT2D eigenvalue weighted by molar-refractivity contribution is 5.93. The fourth-order valence-corrected chi connectivity index (χ4v) is 3.73. The second kappa shape index (κ2) is 8.81. The number of carbonyl (C=O) groups excluding carboxylic acids is 1. The number of anilines is 2. The van der Waals surface area contributed by atoms with Gasteiger partial charge in [-0.1, -0.05) is 12.1 Å². The molecule has 0 unspecified atom stereocenters. The number of nitrogens with one attached hydrogen (secondary N) is 1. The second-order valence-corrected chi connectivity index (χ2v) is 7.62. The van der Waals surface area contributed by atoms with Crippen LogP contribution in [0.5, 0.6) is 0 Å². The van der Waals surface area contributed by atoms with Crippen molar-refractivity contribution in [2.45, 2.75) is 6.54 Å². The molecule has 11 nitrogen and oxygen atoms in total. The molecule has 4 heterocycles. The number of hydrogen-bond donors (Lipinski definition) is 3. The molecule has 168 valence electrons. The second-order valence-electron chi connectivity index (χ2n) is 7.62. The minimum atomic E-state index is -0.556. The number of amides is 1. The van der Waals surface area contributed by atoms with Gasteiger partial charge in [0, 0.05) is 30.4 Å². The lowest BCUT2D eigenvalue weighted by atomic mass is 10.1. The number of carbonyl (C=O) groups is 1. The van der Waals surface area contributed by atoms with E-state index in [9.17, 15) is 4.79 Å².